The molecule has 0 saturated heterocycles. The van der Waals surface area contributed by atoms with Crippen LogP contribution in [0.25, 0.3) is 11.3 Å². The summed E-state index contributed by atoms with van der Waals surface area (Å²) in [5.74, 6) is 0.549. The molecule has 1 aromatic carbocycles. The van der Waals surface area contributed by atoms with E-state index in [1.54, 1.807) is 18.7 Å². The van der Waals surface area contributed by atoms with Crippen molar-refractivity contribution in [2.24, 2.45) is 0 Å². The molecule has 2 aliphatic rings. The quantitative estimate of drug-likeness (QED) is 0.487. The van der Waals surface area contributed by atoms with E-state index in [9.17, 15) is 9.59 Å². The lowest BCUT2D eigenvalue weighted by atomic mass is 9.93. The molecule has 0 radical (unpaired) electrons. The van der Waals surface area contributed by atoms with Crippen molar-refractivity contribution in [2.45, 2.75) is 25.3 Å². The van der Waals surface area contributed by atoms with Crippen LogP contribution < -0.4 is 5.56 Å². The predicted octanol–water partition coefficient (Wildman–Crippen LogP) is 3.47. The molecular weight excluding hydrogens is 370 g/mol. The minimum atomic E-state index is -0.525. The largest absolute Gasteiger partial charge is 0.469 e. The average Bonchev–Trinajstić information content (AvgIpc) is 3.41. The van der Waals surface area contributed by atoms with E-state index in [1.807, 2.05) is 34.9 Å². The smallest absolute Gasteiger partial charge is 0.341 e. The maximum absolute atomic E-state index is 12.1. The second kappa shape index (κ2) is 8.18. The number of nitrogens with zero attached hydrogens (tertiary/aromatic N) is 2. The zero-order chi connectivity index (χ0) is 20.2. The number of furan rings is 1. The lowest BCUT2D eigenvalue weighted by Crippen LogP contribution is -2.14. The molecule has 2 aromatic rings. The summed E-state index contributed by atoms with van der Waals surface area (Å²) in [6.45, 7) is 0.600. The molecular formula is C22H21N3O4. The molecule has 0 aliphatic carbocycles. The van der Waals surface area contributed by atoms with E-state index in [0.29, 0.717) is 17.8 Å². The number of rotatable bonds is 7. The van der Waals surface area contributed by atoms with Crippen molar-refractivity contribution in [1.29, 1.82) is 0 Å². The topological polar surface area (TPSA) is 90.1 Å². The number of esters is 1. The number of aryl methyl sites for hydroxylation is 1. The number of ether oxygens (including phenoxy) is 1. The lowest BCUT2D eigenvalue weighted by molar-refractivity contribution is 0.0600. The SMILES string of the molecule is COC(=O)c1cn(CC[C@H](Cc2ccccc2)c2ccco2)cc2c(=O)[nH]nc1-2. The third kappa shape index (κ3) is 3.99. The van der Waals surface area contributed by atoms with Crippen LogP contribution in [0.5, 0.6) is 0 Å². The van der Waals surface area contributed by atoms with Gasteiger partial charge in [0, 0.05) is 24.9 Å². The standard InChI is InChI=1S/C22H21N3O4/c1-28-22(27)18-14-25(13-17-20(18)23-24-21(17)26)10-9-16(19-8-5-11-29-19)12-15-6-3-2-4-7-15/h2-8,11,13-14,16H,9-10,12H2,1H3,(H,24,26)/t16-/m1/s1. The van der Waals surface area contributed by atoms with Gasteiger partial charge in [0.05, 0.1) is 18.9 Å². The number of fused-ring (bicyclic) bond motifs is 1. The van der Waals surface area contributed by atoms with Gasteiger partial charge in [-0.25, -0.2) is 9.89 Å². The van der Waals surface area contributed by atoms with E-state index in [0.717, 1.165) is 18.6 Å². The van der Waals surface area contributed by atoms with Crippen LogP contribution in [0.15, 0.2) is 70.3 Å². The van der Waals surface area contributed by atoms with Crippen LogP contribution in [-0.2, 0) is 17.7 Å². The number of hydrogen-bond donors (Lipinski definition) is 1. The molecule has 0 unspecified atom stereocenters. The normalized spacial score (nSPS) is 12.2. The number of methoxy groups -OCH3 is 1. The van der Waals surface area contributed by atoms with Gasteiger partial charge in [0.25, 0.3) is 5.56 Å². The first kappa shape index (κ1) is 18.7. The van der Waals surface area contributed by atoms with Gasteiger partial charge in [0.15, 0.2) is 0 Å². The van der Waals surface area contributed by atoms with Crippen molar-refractivity contribution in [3.8, 4) is 11.3 Å². The Morgan fingerprint density at radius 1 is 1.21 bits per heavy atom. The number of carbonyl (C=O) groups excluding carboxylic acids is 1. The maximum Gasteiger partial charge on any atom is 0.341 e. The molecule has 7 heteroatoms. The number of benzene rings is 1. The summed E-state index contributed by atoms with van der Waals surface area (Å²) in [5.41, 5.74) is 1.85. The lowest BCUT2D eigenvalue weighted by Gasteiger charge is -2.17. The Morgan fingerprint density at radius 2 is 2.03 bits per heavy atom. The zero-order valence-corrected chi connectivity index (χ0v) is 16.0. The Morgan fingerprint density at radius 3 is 2.76 bits per heavy atom. The molecule has 7 nitrogen and oxygen atoms in total. The van der Waals surface area contributed by atoms with E-state index in [2.05, 4.69) is 22.3 Å². The predicted molar refractivity (Wildman–Crippen MR) is 107 cm³/mol. The van der Waals surface area contributed by atoms with Crippen LogP contribution in [0.4, 0.5) is 0 Å². The summed E-state index contributed by atoms with van der Waals surface area (Å²) in [5, 5.41) is 6.35. The van der Waals surface area contributed by atoms with Gasteiger partial charge in [-0.15, -0.1) is 0 Å². The highest BCUT2D eigenvalue weighted by Gasteiger charge is 2.22. The number of hydrogen-bond acceptors (Lipinski definition) is 5. The minimum Gasteiger partial charge on any atom is -0.469 e. The van der Waals surface area contributed by atoms with Crippen molar-refractivity contribution < 1.29 is 13.9 Å². The first-order valence-corrected chi connectivity index (χ1v) is 9.39. The third-order valence-corrected chi connectivity index (χ3v) is 5.03. The van der Waals surface area contributed by atoms with Crippen LogP contribution in [0.3, 0.4) is 0 Å². The molecule has 1 aromatic heterocycles. The molecule has 0 spiro atoms. The van der Waals surface area contributed by atoms with Crippen molar-refractivity contribution in [2.75, 3.05) is 7.11 Å². The summed E-state index contributed by atoms with van der Waals surface area (Å²) < 4.78 is 12.4. The van der Waals surface area contributed by atoms with Crippen molar-refractivity contribution in [3.63, 3.8) is 0 Å². The summed E-state index contributed by atoms with van der Waals surface area (Å²) in [4.78, 5) is 24.2. The van der Waals surface area contributed by atoms with E-state index >= 15 is 0 Å². The third-order valence-electron chi connectivity index (χ3n) is 5.03. The Bertz CT molecular complexity index is 1110. The molecule has 148 valence electrons. The van der Waals surface area contributed by atoms with E-state index in [1.165, 1.54) is 12.7 Å². The van der Waals surface area contributed by atoms with Gasteiger partial charge in [0.2, 0.25) is 0 Å². The van der Waals surface area contributed by atoms with Gasteiger partial charge >= 0.3 is 5.97 Å². The average molecular weight is 391 g/mol. The monoisotopic (exact) mass is 391 g/mol. The van der Waals surface area contributed by atoms with E-state index in [4.69, 9.17) is 9.15 Å². The molecule has 0 bridgehead atoms. The van der Waals surface area contributed by atoms with Crippen molar-refractivity contribution in [1.82, 2.24) is 14.8 Å². The van der Waals surface area contributed by atoms with Gasteiger partial charge < -0.3 is 13.7 Å². The Hall–Kier alpha value is -3.61. The van der Waals surface area contributed by atoms with Crippen LogP contribution in [-0.4, -0.2) is 27.8 Å². The van der Waals surface area contributed by atoms with E-state index < -0.39 is 5.97 Å². The number of aromatic nitrogens is 3. The second-order valence-electron chi connectivity index (χ2n) is 6.91. The number of carbonyl (C=O) groups is 1. The minimum absolute atomic E-state index is 0.160. The molecule has 0 saturated carbocycles. The fourth-order valence-corrected chi connectivity index (χ4v) is 3.55. The molecule has 3 heterocycles. The van der Waals surface area contributed by atoms with Crippen LogP contribution in [0.2, 0.25) is 0 Å². The number of aromatic amines is 1. The summed E-state index contributed by atoms with van der Waals surface area (Å²) >= 11 is 0. The van der Waals surface area contributed by atoms with Gasteiger partial charge in [-0.1, -0.05) is 30.3 Å². The first-order chi connectivity index (χ1) is 14.2. The second-order valence-corrected chi connectivity index (χ2v) is 6.91. The molecule has 0 fully saturated rings. The number of nitrogens with one attached hydrogen (secondary N) is 1. The molecule has 0 amide bonds. The Kier molecular flexibility index (Phi) is 5.29. The van der Waals surface area contributed by atoms with Crippen molar-refractivity contribution in [3.05, 3.63) is 88.4 Å². The Balaban J connectivity index is 1.61. The van der Waals surface area contributed by atoms with Crippen LogP contribution in [0.1, 0.15) is 34.0 Å². The molecule has 1 atom stereocenters. The van der Waals surface area contributed by atoms with Crippen LogP contribution in [0, 0.1) is 0 Å². The maximum atomic E-state index is 12.1. The fraction of sp³-hybridized carbons (Fsp3) is 0.227. The number of H-pyrrole nitrogens is 1. The molecule has 29 heavy (non-hydrogen) atoms. The van der Waals surface area contributed by atoms with Gasteiger partial charge in [-0.3, -0.25) is 4.79 Å². The van der Waals surface area contributed by atoms with E-state index in [-0.39, 0.29) is 17.0 Å². The van der Waals surface area contributed by atoms with Gasteiger partial charge in [-0.2, -0.15) is 5.10 Å². The summed E-state index contributed by atoms with van der Waals surface area (Å²) in [7, 11) is 1.31. The highest BCUT2D eigenvalue weighted by Crippen LogP contribution is 2.27. The molecule has 2 aliphatic heterocycles. The Labute approximate surface area is 167 Å². The van der Waals surface area contributed by atoms with Gasteiger partial charge in [-0.05, 0) is 30.5 Å². The van der Waals surface area contributed by atoms with Crippen molar-refractivity contribution >= 4 is 5.97 Å². The summed E-state index contributed by atoms with van der Waals surface area (Å²) in [6, 6.07) is 14.1. The molecule has 4 rings (SSSR count). The van der Waals surface area contributed by atoms with Gasteiger partial charge in [0.1, 0.15) is 17.0 Å². The number of pyridine rings is 1. The fourth-order valence-electron chi connectivity index (χ4n) is 3.55. The summed E-state index contributed by atoms with van der Waals surface area (Å²) in [6.07, 6.45) is 6.67. The zero-order valence-electron chi connectivity index (χ0n) is 16.0. The highest BCUT2D eigenvalue weighted by atomic mass is 16.5. The highest BCUT2D eigenvalue weighted by molar-refractivity contribution is 5.95. The first-order valence-electron chi connectivity index (χ1n) is 9.39. The van der Waals surface area contributed by atoms with Crippen LogP contribution >= 0.6 is 0 Å². The molecule has 1 N–H and O–H groups in total.